The Balaban J connectivity index is 0.888. The molecule has 1 saturated heterocycles. The van der Waals surface area contributed by atoms with Crippen molar-refractivity contribution in [2.24, 2.45) is 0 Å². The third-order valence-electron chi connectivity index (χ3n) is 11.3. The minimum absolute atomic E-state index is 0.0513. The molecule has 4 aromatic heterocycles. The third kappa shape index (κ3) is 6.55. The van der Waals surface area contributed by atoms with Crippen LogP contribution in [0, 0.1) is 0 Å². The fraction of sp³-hybridized carbons (Fsp3) is 0.250. The number of benzene rings is 2. The van der Waals surface area contributed by atoms with E-state index >= 15 is 0 Å². The SMILES string of the molecule is CCc1nc(-c2cccc3cc(-c4ccc(C(=O)NCc5cc(-c6cccc7c6CN(C6CCC(=O)NC6=O)C7=O)ccn5)nc4)ncc23)c2n1CCN(C(C)=O)C2. The second-order valence-corrected chi connectivity index (χ2v) is 14.7. The number of hydrogen-bond donors (Lipinski definition) is 2. The highest BCUT2D eigenvalue weighted by Crippen LogP contribution is 2.36. The van der Waals surface area contributed by atoms with E-state index in [9.17, 15) is 24.0 Å². The molecule has 0 aliphatic carbocycles. The number of pyridine rings is 3. The van der Waals surface area contributed by atoms with E-state index in [1.54, 1.807) is 31.5 Å². The van der Waals surface area contributed by atoms with Crippen LogP contribution in [-0.4, -0.2) is 76.4 Å². The van der Waals surface area contributed by atoms with E-state index in [1.807, 2.05) is 59.6 Å². The highest BCUT2D eigenvalue weighted by atomic mass is 16.2. The van der Waals surface area contributed by atoms with Gasteiger partial charge in [-0.2, -0.15) is 0 Å². The zero-order valence-electron chi connectivity index (χ0n) is 32.0. The second kappa shape index (κ2) is 14.8. The van der Waals surface area contributed by atoms with Crippen LogP contribution in [0.4, 0.5) is 0 Å². The van der Waals surface area contributed by atoms with Crippen molar-refractivity contribution in [3.05, 3.63) is 119 Å². The maximum absolute atomic E-state index is 13.4. The first kappa shape index (κ1) is 36.5. The zero-order valence-corrected chi connectivity index (χ0v) is 32.0. The number of carbonyl (C=O) groups is 5. The summed E-state index contributed by atoms with van der Waals surface area (Å²) in [6.45, 7) is 6.00. The second-order valence-electron chi connectivity index (χ2n) is 14.7. The average Bonchev–Trinajstić information content (AvgIpc) is 3.79. The number of hydrogen-bond acceptors (Lipinski definition) is 9. The molecular weight excluding hydrogens is 735 g/mol. The van der Waals surface area contributed by atoms with Crippen LogP contribution in [0.5, 0.6) is 0 Å². The summed E-state index contributed by atoms with van der Waals surface area (Å²) in [6.07, 6.45) is 6.41. The van der Waals surface area contributed by atoms with Crippen molar-refractivity contribution in [3.63, 3.8) is 0 Å². The van der Waals surface area contributed by atoms with Crippen LogP contribution in [0.25, 0.3) is 44.4 Å². The molecule has 7 heterocycles. The minimum atomic E-state index is -0.704. The lowest BCUT2D eigenvalue weighted by Crippen LogP contribution is -2.52. The molecule has 6 aromatic rings. The molecule has 9 rings (SSSR count). The standard InChI is InChI=1S/C44H39N9O5/c1-3-39-49-41(38-24-51(25(2)54)16-17-52(38)39)31-8-4-6-26-19-36(47-22-33(26)31)28-10-11-35(46-20-28)42(56)48-21-29-18-27(14-15-45-29)30-7-5-9-32-34(30)23-53(44(32)58)37-12-13-40(55)50-43(37)57/h4-11,14-15,18-20,22,37H,3,12-13,16-17,21,23-24H2,1-2H3,(H,48,56)(H,50,55,57). The van der Waals surface area contributed by atoms with Crippen LogP contribution in [0.2, 0.25) is 0 Å². The summed E-state index contributed by atoms with van der Waals surface area (Å²) >= 11 is 0. The topological polar surface area (TPSA) is 172 Å². The summed E-state index contributed by atoms with van der Waals surface area (Å²) in [5, 5.41) is 7.19. The highest BCUT2D eigenvalue weighted by molar-refractivity contribution is 6.06. The quantitative estimate of drug-likeness (QED) is 0.206. The number of rotatable bonds is 8. The lowest BCUT2D eigenvalue weighted by atomic mass is 9.97. The summed E-state index contributed by atoms with van der Waals surface area (Å²) in [4.78, 5) is 85.2. The Hall–Kier alpha value is -7.09. The van der Waals surface area contributed by atoms with E-state index in [2.05, 4.69) is 38.2 Å². The summed E-state index contributed by atoms with van der Waals surface area (Å²) in [7, 11) is 0. The van der Waals surface area contributed by atoms with Gasteiger partial charge in [0.1, 0.15) is 17.6 Å². The van der Waals surface area contributed by atoms with Gasteiger partial charge < -0.3 is 19.7 Å². The largest absolute Gasteiger partial charge is 0.345 e. The number of imidazole rings is 1. The first-order valence-corrected chi connectivity index (χ1v) is 19.4. The molecule has 14 heteroatoms. The molecule has 2 N–H and O–H groups in total. The van der Waals surface area contributed by atoms with Crippen molar-refractivity contribution in [2.45, 2.75) is 65.3 Å². The van der Waals surface area contributed by atoms with Gasteiger partial charge in [-0.05, 0) is 64.9 Å². The van der Waals surface area contributed by atoms with Crippen molar-refractivity contribution in [3.8, 4) is 33.6 Å². The first-order chi connectivity index (χ1) is 28.2. The molecule has 2 aromatic carbocycles. The number of aromatic nitrogens is 5. The Morgan fingerprint density at radius 3 is 2.50 bits per heavy atom. The Kier molecular flexibility index (Phi) is 9.31. The Morgan fingerprint density at radius 1 is 0.879 bits per heavy atom. The lowest BCUT2D eigenvalue weighted by molar-refractivity contribution is -0.137. The fourth-order valence-electron chi connectivity index (χ4n) is 8.27. The number of nitrogens with one attached hydrogen (secondary N) is 2. The first-order valence-electron chi connectivity index (χ1n) is 19.4. The van der Waals surface area contributed by atoms with Crippen molar-refractivity contribution < 1.29 is 24.0 Å². The van der Waals surface area contributed by atoms with Crippen molar-refractivity contribution in [2.75, 3.05) is 6.54 Å². The Labute approximate surface area is 333 Å². The molecule has 0 bridgehead atoms. The fourth-order valence-corrected chi connectivity index (χ4v) is 8.27. The van der Waals surface area contributed by atoms with Gasteiger partial charge in [-0.3, -0.25) is 44.2 Å². The van der Waals surface area contributed by atoms with Crippen LogP contribution >= 0.6 is 0 Å². The van der Waals surface area contributed by atoms with Crippen LogP contribution in [0.3, 0.4) is 0 Å². The Morgan fingerprint density at radius 2 is 1.71 bits per heavy atom. The average molecular weight is 774 g/mol. The van der Waals surface area contributed by atoms with Crippen molar-refractivity contribution in [1.82, 2.24) is 44.9 Å². The van der Waals surface area contributed by atoms with E-state index in [0.717, 1.165) is 68.8 Å². The molecule has 290 valence electrons. The van der Waals surface area contributed by atoms with E-state index in [4.69, 9.17) is 9.97 Å². The number of imide groups is 1. The number of carbonyl (C=O) groups excluding carboxylic acids is 5. The van der Waals surface area contributed by atoms with Gasteiger partial charge in [-0.25, -0.2) is 4.98 Å². The van der Waals surface area contributed by atoms with Gasteiger partial charge in [0.05, 0.1) is 35.9 Å². The smallest absolute Gasteiger partial charge is 0.270 e. The normalized spacial score (nSPS) is 16.3. The molecule has 58 heavy (non-hydrogen) atoms. The van der Waals surface area contributed by atoms with Gasteiger partial charge >= 0.3 is 0 Å². The number of fused-ring (bicyclic) bond motifs is 3. The van der Waals surface area contributed by atoms with E-state index in [1.165, 1.54) is 4.90 Å². The molecule has 0 spiro atoms. The van der Waals surface area contributed by atoms with Crippen molar-refractivity contribution >= 4 is 40.3 Å². The van der Waals surface area contributed by atoms with Crippen LogP contribution in [0.15, 0.2) is 85.3 Å². The zero-order chi connectivity index (χ0) is 40.1. The summed E-state index contributed by atoms with van der Waals surface area (Å²) < 4.78 is 2.24. The monoisotopic (exact) mass is 773 g/mol. The number of nitrogens with zero attached hydrogens (tertiary/aromatic N) is 7. The molecule has 3 aliphatic heterocycles. The Bertz CT molecular complexity index is 2690. The van der Waals surface area contributed by atoms with Crippen LogP contribution in [-0.2, 0) is 47.0 Å². The summed E-state index contributed by atoms with van der Waals surface area (Å²) in [6, 6.07) is 20.1. The summed E-state index contributed by atoms with van der Waals surface area (Å²) in [5.41, 5.74) is 8.18. The molecule has 3 aliphatic rings. The van der Waals surface area contributed by atoms with Gasteiger partial charge in [0.2, 0.25) is 17.7 Å². The van der Waals surface area contributed by atoms with E-state index in [-0.39, 0.29) is 55.3 Å². The molecule has 1 atom stereocenters. The molecule has 0 saturated carbocycles. The van der Waals surface area contributed by atoms with Gasteiger partial charge in [0.25, 0.3) is 11.8 Å². The maximum atomic E-state index is 13.4. The highest BCUT2D eigenvalue weighted by Gasteiger charge is 2.40. The van der Waals surface area contributed by atoms with E-state index < -0.39 is 11.9 Å². The molecule has 1 unspecified atom stereocenters. The molecule has 5 amide bonds. The predicted molar refractivity (Wildman–Crippen MR) is 214 cm³/mol. The number of amides is 5. The van der Waals surface area contributed by atoms with Gasteiger partial charge in [0, 0.05) is 80.1 Å². The van der Waals surface area contributed by atoms with Crippen LogP contribution < -0.4 is 10.6 Å². The molecular formula is C44H39N9O5. The van der Waals surface area contributed by atoms with Gasteiger partial charge in [0.15, 0.2) is 0 Å². The molecule has 0 radical (unpaired) electrons. The van der Waals surface area contributed by atoms with Crippen LogP contribution in [0.1, 0.15) is 70.3 Å². The lowest BCUT2D eigenvalue weighted by Gasteiger charge is -2.29. The minimum Gasteiger partial charge on any atom is -0.345 e. The van der Waals surface area contributed by atoms with Gasteiger partial charge in [-0.15, -0.1) is 0 Å². The van der Waals surface area contributed by atoms with Crippen molar-refractivity contribution in [1.29, 1.82) is 0 Å². The molecule has 14 nitrogen and oxygen atoms in total. The van der Waals surface area contributed by atoms with E-state index in [0.29, 0.717) is 30.0 Å². The van der Waals surface area contributed by atoms with Gasteiger partial charge in [-0.1, -0.05) is 37.3 Å². The number of piperidine rings is 1. The maximum Gasteiger partial charge on any atom is 0.270 e. The summed E-state index contributed by atoms with van der Waals surface area (Å²) in [5.74, 6) is -0.330. The predicted octanol–water partition coefficient (Wildman–Crippen LogP) is 4.84. The molecule has 1 fully saturated rings. The third-order valence-corrected chi connectivity index (χ3v) is 11.3. The number of aryl methyl sites for hydroxylation is 1.